The van der Waals surface area contributed by atoms with Crippen molar-refractivity contribution in [3.8, 4) is 0 Å². The lowest BCUT2D eigenvalue weighted by Crippen LogP contribution is -1.98. The van der Waals surface area contributed by atoms with Crippen LogP contribution in [0.3, 0.4) is 0 Å². The molecule has 1 fully saturated rings. The van der Waals surface area contributed by atoms with E-state index in [0.717, 1.165) is 0 Å². The van der Waals surface area contributed by atoms with Crippen LogP contribution in [0.1, 0.15) is 6.42 Å². The van der Waals surface area contributed by atoms with Gasteiger partial charge in [0.25, 0.3) is 0 Å². The molecule has 1 rings (SSSR count). The van der Waals surface area contributed by atoms with Gasteiger partial charge >= 0.3 is 0 Å². The molecule has 0 aromatic heterocycles. The predicted molar refractivity (Wildman–Crippen MR) is 28.1 cm³/mol. The predicted octanol–water partition coefficient (Wildman–Crippen LogP) is 0.665. The van der Waals surface area contributed by atoms with E-state index >= 15 is 0 Å². The summed E-state index contributed by atoms with van der Waals surface area (Å²) in [7, 11) is 1.18. The minimum absolute atomic E-state index is 0.0752. The molecular formula is C3H4ClFO2S. The minimum atomic E-state index is -3.58. The summed E-state index contributed by atoms with van der Waals surface area (Å²) in [6.45, 7) is 0. The van der Waals surface area contributed by atoms with Crippen molar-refractivity contribution in [1.82, 2.24) is 0 Å². The third-order valence-electron chi connectivity index (χ3n) is 1.02. The summed E-state index contributed by atoms with van der Waals surface area (Å²) in [5, 5.41) is -0.913. The highest BCUT2D eigenvalue weighted by Gasteiger charge is 2.47. The SMILES string of the molecule is O=S(=O)(Cl)C1CC1F. The molecule has 2 nitrogen and oxygen atoms in total. The Balaban J connectivity index is 2.66. The van der Waals surface area contributed by atoms with Crippen LogP contribution >= 0.6 is 10.7 Å². The zero-order valence-electron chi connectivity index (χ0n) is 3.84. The van der Waals surface area contributed by atoms with Gasteiger partial charge in [-0.15, -0.1) is 0 Å². The first kappa shape index (κ1) is 6.29. The standard InChI is InChI=1S/C3H4ClFO2S/c4-8(6,7)3-1-2(3)5/h2-3H,1H2. The van der Waals surface area contributed by atoms with Crippen LogP contribution in [0.15, 0.2) is 0 Å². The van der Waals surface area contributed by atoms with Crippen LogP contribution in [-0.4, -0.2) is 19.8 Å². The average Bonchev–Trinajstić information content (AvgIpc) is 2.13. The summed E-state index contributed by atoms with van der Waals surface area (Å²) in [4.78, 5) is 0. The Hall–Kier alpha value is 0.170. The molecule has 0 heterocycles. The van der Waals surface area contributed by atoms with Crippen LogP contribution < -0.4 is 0 Å². The maximum atomic E-state index is 11.8. The van der Waals surface area contributed by atoms with E-state index in [9.17, 15) is 12.8 Å². The third-order valence-corrected chi connectivity index (χ3v) is 2.92. The van der Waals surface area contributed by atoms with Gasteiger partial charge in [0.05, 0.1) is 0 Å². The Kier molecular flexibility index (Phi) is 1.24. The molecule has 1 saturated carbocycles. The van der Waals surface area contributed by atoms with Gasteiger partial charge in [-0.2, -0.15) is 0 Å². The molecule has 0 amide bonds. The van der Waals surface area contributed by atoms with Crippen molar-refractivity contribution >= 4 is 19.7 Å². The van der Waals surface area contributed by atoms with Crippen molar-refractivity contribution in [3.05, 3.63) is 0 Å². The second kappa shape index (κ2) is 1.57. The van der Waals surface area contributed by atoms with Crippen molar-refractivity contribution < 1.29 is 12.8 Å². The maximum Gasteiger partial charge on any atom is 0.238 e. The maximum absolute atomic E-state index is 11.8. The molecule has 0 N–H and O–H groups in total. The molecule has 0 aromatic carbocycles. The fraction of sp³-hybridized carbons (Fsp3) is 1.00. The van der Waals surface area contributed by atoms with Crippen LogP contribution in [0.5, 0.6) is 0 Å². The lowest BCUT2D eigenvalue weighted by Gasteiger charge is -1.82. The normalized spacial score (nSPS) is 37.2. The van der Waals surface area contributed by atoms with Crippen molar-refractivity contribution in [2.24, 2.45) is 0 Å². The first-order valence-corrected chi connectivity index (χ1v) is 4.46. The Morgan fingerprint density at radius 3 is 2.00 bits per heavy atom. The van der Waals surface area contributed by atoms with Crippen molar-refractivity contribution in [2.45, 2.75) is 17.8 Å². The number of alkyl halides is 1. The highest BCUT2D eigenvalue weighted by molar-refractivity contribution is 8.14. The van der Waals surface area contributed by atoms with E-state index in [1.807, 2.05) is 0 Å². The van der Waals surface area contributed by atoms with Crippen LogP contribution in [0, 0.1) is 0 Å². The van der Waals surface area contributed by atoms with E-state index < -0.39 is 20.5 Å². The van der Waals surface area contributed by atoms with Gasteiger partial charge in [0, 0.05) is 17.1 Å². The van der Waals surface area contributed by atoms with Gasteiger partial charge in [-0.25, -0.2) is 12.8 Å². The number of halogens is 2. The van der Waals surface area contributed by atoms with E-state index in [2.05, 4.69) is 0 Å². The summed E-state index contributed by atoms with van der Waals surface area (Å²) in [5.41, 5.74) is 0. The fourth-order valence-electron chi connectivity index (χ4n) is 0.435. The van der Waals surface area contributed by atoms with Gasteiger partial charge in [0.15, 0.2) is 0 Å². The molecule has 5 heteroatoms. The topological polar surface area (TPSA) is 34.1 Å². The molecular weight excluding hydrogens is 155 g/mol. The van der Waals surface area contributed by atoms with Gasteiger partial charge in [-0.3, -0.25) is 0 Å². The van der Waals surface area contributed by atoms with Gasteiger partial charge in [0.1, 0.15) is 11.4 Å². The second-order valence-corrected chi connectivity index (χ2v) is 4.61. The zero-order chi connectivity index (χ0) is 6.36. The molecule has 2 atom stereocenters. The summed E-state index contributed by atoms with van der Waals surface area (Å²) in [6.07, 6.45) is -1.14. The van der Waals surface area contributed by atoms with E-state index in [4.69, 9.17) is 10.7 Å². The number of hydrogen-bond acceptors (Lipinski definition) is 2. The van der Waals surface area contributed by atoms with Gasteiger partial charge in [-0.1, -0.05) is 0 Å². The third kappa shape index (κ3) is 1.11. The van der Waals surface area contributed by atoms with E-state index in [-0.39, 0.29) is 6.42 Å². The van der Waals surface area contributed by atoms with E-state index in [1.54, 1.807) is 0 Å². The molecule has 48 valence electrons. The smallest absolute Gasteiger partial charge is 0.238 e. The first-order chi connectivity index (χ1) is 3.52. The zero-order valence-corrected chi connectivity index (χ0v) is 5.41. The van der Waals surface area contributed by atoms with Crippen molar-refractivity contribution in [1.29, 1.82) is 0 Å². The van der Waals surface area contributed by atoms with E-state index in [0.29, 0.717) is 0 Å². The highest BCUT2D eigenvalue weighted by Crippen LogP contribution is 2.34. The molecule has 0 radical (unpaired) electrons. The Labute approximate surface area is 51.1 Å². The van der Waals surface area contributed by atoms with Gasteiger partial charge in [0.2, 0.25) is 9.05 Å². The average molecular weight is 159 g/mol. The highest BCUT2D eigenvalue weighted by atomic mass is 35.7. The van der Waals surface area contributed by atoms with Gasteiger partial charge in [-0.05, 0) is 0 Å². The Morgan fingerprint density at radius 1 is 1.62 bits per heavy atom. The summed E-state index contributed by atoms with van der Waals surface area (Å²) >= 11 is 0. The summed E-state index contributed by atoms with van der Waals surface area (Å²) in [6, 6.07) is 0. The van der Waals surface area contributed by atoms with Crippen molar-refractivity contribution in [2.75, 3.05) is 0 Å². The number of rotatable bonds is 1. The van der Waals surface area contributed by atoms with Gasteiger partial charge < -0.3 is 0 Å². The van der Waals surface area contributed by atoms with Crippen molar-refractivity contribution in [3.63, 3.8) is 0 Å². The van der Waals surface area contributed by atoms with Crippen LogP contribution in [0.2, 0.25) is 0 Å². The molecule has 1 aliphatic rings. The minimum Gasteiger partial charge on any atom is -0.246 e. The molecule has 0 bridgehead atoms. The molecule has 2 unspecified atom stereocenters. The molecule has 0 spiro atoms. The van der Waals surface area contributed by atoms with E-state index in [1.165, 1.54) is 0 Å². The lowest BCUT2D eigenvalue weighted by molar-refractivity contribution is 0.478. The van der Waals surface area contributed by atoms with Crippen LogP contribution in [0.4, 0.5) is 4.39 Å². The monoisotopic (exact) mass is 158 g/mol. The fourth-order valence-corrected chi connectivity index (χ4v) is 1.75. The molecule has 8 heavy (non-hydrogen) atoms. The molecule has 0 aromatic rings. The Morgan fingerprint density at radius 2 is 2.00 bits per heavy atom. The largest absolute Gasteiger partial charge is 0.246 e. The lowest BCUT2D eigenvalue weighted by atomic mass is 10.9. The second-order valence-electron chi connectivity index (χ2n) is 1.77. The van der Waals surface area contributed by atoms with Crippen LogP contribution in [0.25, 0.3) is 0 Å². The Bertz CT molecular complexity index is 187. The first-order valence-electron chi connectivity index (χ1n) is 2.09. The molecule has 0 aliphatic heterocycles. The quantitative estimate of drug-likeness (QED) is 0.526. The molecule has 1 aliphatic carbocycles. The number of hydrogen-bond donors (Lipinski definition) is 0. The summed E-state index contributed by atoms with van der Waals surface area (Å²) in [5.74, 6) is 0. The van der Waals surface area contributed by atoms with Crippen LogP contribution in [-0.2, 0) is 9.05 Å². The summed E-state index contributed by atoms with van der Waals surface area (Å²) < 4.78 is 32.1. The molecule has 0 saturated heterocycles.